The van der Waals surface area contributed by atoms with Crippen molar-refractivity contribution in [1.82, 2.24) is 0 Å². The van der Waals surface area contributed by atoms with E-state index >= 15 is 0 Å². The highest BCUT2D eigenvalue weighted by Crippen LogP contribution is 2.21. The molecule has 0 spiro atoms. The lowest BCUT2D eigenvalue weighted by molar-refractivity contribution is 0.0599. The van der Waals surface area contributed by atoms with Gasteiger partial charge in [0.25, 0.3) is 0 Å². The lowest BCUT2D eigenvalue weighted by Crippen LogP contribution is -2.00. The number of carboxylic acid groups (broad SMARTS) is 1. The maximum Gasteiger partial charge on any atom is 0.337 e. The van der Waals surface area contributed by atoms with Gasteiger partial charge in [-0.05, 0) is 81.6 Å². The fourth-order valence-electron chi connectivity index (χ4n) is 1.40. The molecule has 122 valence electrons. The average molecular weight is 542 g/mol. The molecule has 0 aliphatic rings. The second-order valence-electron chi connectivity index (χ2n) is 4.13. The summed E-state index contributed by atoms with van der Waals surface area (Å²) >= 11 is 3.90. The summed E-state index contributed by atoms with van der Waals surface area (Å²) in [5.41, 5.74) is 0.457. The van der Waals surface area contributed by atoms with E-state index in [2.05, 4.69) is 4.74 Å². The lowest BCUT2D eigenvalue weighted by atomic mass is 10.2. The van der Waals surface area contributed by atoms with Crippen LogP contribution in [0.25, 0.3) is 0 Å². The number of methoxy groups -OCH3 is 1. The summed E-state index contributed by atoms with van der Waals surface area (Å²) in [4.78, 5) is 21.3. The molecule has 0 saturated carbocycles. The summed E-state index contributed by atoms with van der Waals surface area (Å²) in [5.74, 6) is -1.37. The van der Waals surface area contributed by atoms with Crippen LogP contribution in [0.1, 0.15) is 20.7 Å². The molecule has 0 unspecified atom stereocenters. The summed E-state index contributed by atoms with van der Waals surface area (Å²) < 4.78 is 5.83. The number of carboxylic acids is 1. The van der Waals surface area contributed by atoms with Crippen molar-refractivity contribution in [2.45, 2.75) is 0 Å². The van der Waals surface area contributed by atoms with Gasteiger partial charge in [-0.3, -0.25) is 0 Å². The van der Waals surface area contributed by atoms with Gasteiger partial charge >= 0.3 is 11.9 Å². The number of phenolic OH excluding ortho intramolecular Hbond substituents is 2. The van der Waals surface area contributed by atoms with Crippen LogP contribution in [0.15, 0.2) is 36.4 Å². The molecule has 0 aromatic heterocycles. The van der Waals surface area contributed by atoms with Gasteiger partial charge in [0, 0.05) is 0 Å². The Kier molecular flexibility index (Phi) is 7.55. The lowest BCUT2D eigenvalue weighted by Gasteiger charge is -2.00. The molecule has 2 aromatic carbocycles. The van der Waals surface area contributed by atoms with Crippen LogP contribution in [0.2, 0.25) is 0 Å². The summed E-state index contributed by atoms with van der Waals surface area (Å²) in [6, 6.07) is 8.87. The molecule has 0 heterocycles. The zero-order valence-corrected chi connectivity index (χ0v) is 16.1. The topological polar surface area (TPSA) is 104 Å². The monoisotopic (exact) mass is 542 g/mol. The standard InChI is InChI=1S/C8H7IO3.C7H5IO3/c1-12-8(11)5-2-3-6(9)7(10)4-5;8-5-2-1-4(7(10)11)3-6(5)9/h2-4,10H,1H3;1-3,9H,(H,10,11). The average Bonchev–Trinajstić information content (AvgIpc) is 2.52. The second kappa shape index (κ2) is 8.91. The van der Waals surface area contributed by atoms with Gasteiger partial charge in [0.05, 0.1) is 25.4 Å². The molecule has 8 heteroatoms. The van der Waals surface area contributed by atoms with Crippen LogP contribution in [0.3, 0.4) is 0 Å². The van der Waals surface area contributed by atoms with Crippen molar-refractivity contribution < 1.29 is 29.6 Å². The van der Waals surface area contributed by atoms with E-state index in [4.69, 9.17) is 10.2 Å². The van der Waals surface area contributed by atoms with Crippen molar-refractivity contribution in [3.63, 3.8) is 0 Å². The summed E-state index contributed by atoms with van der Waals surface area (Å²) in [5, 5.41) is 26.8. The van der Waals surface area contributed by atoms with Crippen molar-refractivity contribution in [3.05, 3.63) is 54.7 Å². The first-order valence-corrected chi connectivity index (χ1v) is 8.20. The van der Waals surface area contributed by atoms with Crippen molar-refractivity contribution in [3.8, 4) is 11.5 Å². The maximum absolute atomic E-state index is 10.9. The number of ether oxygens (including phenoxy) is 1. The van der Waals surface area contributed by atoms with Crippen LogP contribution in [0.4, 0.5) is 0 Å². The van der Waals surface area contributed by atoms with E-state index in [-0.39, 0.29) is 17.1 Å². The minimum atomic E-state index is -1.03. The predicted octanol–water partition coefficient (Wildman–Crippen LogP) is 3.48. The SMILES string of the molecule is COC(=O)c1ccc(I)c(O)c1.O=C(O)c1ccc(I)c(O)c1. The first-order valence-electron chi connectivity index (χ1n) is 6.05. The van der Waals surface area contributed by atoms with Gasteiger partial charge in [-0.1, -0.05) is 0 Å². The van der Waals surface area contributed by atoms with Crippen LogP contribution in [-0.2, 0) is 4.74 Å². The third-order valence-corrected chi connectivity index (χ3v) is 4.38. The highest BCUT2D eigenvalue weighted by atomic mass is 127. The van der Waals surface area contributed by atoms with Crippen molar-refractivity contribution in [2.75, 3.05) is 7.11 Å². The number of phenols is 2. The molecule has 0 aliphatic heterocycles. The second-order valence-corrected chi connectivity index (χ2v) is 6.45. The fraction of sp³-hybridized carbons (Fsp3) is 0.0667. The Morgan fingerprint density at radius 3 is 1.74 bits per heavy atom. The number of hydrogen-bond donors (Lipinski definition) is 3. The Balaban J connectivity index is 0.000000231. The number of carbonyl (C=O) groups excluding carboxylic acids is 1. The quantitative estimate of drug-likeness (QED) is 0.397. The smallest absolute Gasteiger partial charge is 0.337 e. The molecule has 6 nitrogen and oxygen atoms in total. The molecule has 0 bridgehead atoms. The molecule has 0 fully saturated rings. The van der Waals surface area contributed by atoms with E-state index < -0.39 is 11.9 Å². The number of hydrogen-bond acceptors (Lipinski definition) is 5. The van der Waals surface area contributed by atoms with Gasteiger partial charge in [-0.25, -0.2) is 9.59 Å². The first-order chi connectivity index (χ1) is 10.8. The number of benzene rings is 2. The van der Waals surface area contributed by atoms with Gasteiger partial charge in [0.15, 0.2) is 0 Å². The molecule has 2 aromatic rings. The molecule has 0 atom stereocenters. The zero-order chi connectivity index (χ0) is 17.6. The van der Waals surface area contributed by atoms with E-state index in [1.54, 1.807) is 18.2 Å². The van der Waals surface area contributed by atoms with E-state index in [1.165, 1.54) is 25.3 Å². The number of aromatic carboxylic acids is 1. The fourth-order valence-corrected chi connectivity index (χ4v) is 2.07. The molecule has 0 saturated heterocycles. The Bertz CT molecular complexity index is 730. The Morgan fingerprint density at radius 2 is 1.35 bits per heavy atom. The number of esters is 1. The van der Waals surface area contributed by atoms with Crippen LogP contribution < -0.4 is 0 Å². The number of rotatable bonds is 2. The molecular formula is C15H12I2O6. The van der Waals surface area contributed by atoms with Gasteiger partial charge in [0.1, 0.15) is 11.5 Å². The third kappa shape index (κ3) is 5.86. The number of halogens is 2. The number of aromatic hydroxyl groups is 2. The number of carbonyl (C=O) groups is 2. The zero-order valence-electron chi connectivity index (χ0n) is 11.8. The Labute approximate surface area is 159 Å². The summed E-state index contributed by atoms with van der Waals surface area (Å²) in [6.07, 6.45) is 0. The minimum Gasteiger partial charge on any atom is -0.507 e. The highest BCUT2D eigenvalue weighted by Gasteiger charge is 2.07. The van der Waals surface area contributed by atoms with E-state index in [1.807, 2.05) is 45.2 Å². The van der Waals surface area contributed by atoms with Gasteiger partial charge in [0.2, 0.25) is 0 Å². The van der Waals surface area contributed by atoms with E-state index in [9.17, 15) is 14.7 Å². The van der Waals surface area contributed by atoms with E-state index in [0.717, 1.165) is 0 Å². The largest absolute Gasteiger partial charge is 0.507 e. The molecule has 23 heavy (non-hydrogen) atoms. The molecule has 0 radical (unpaired) electrons. The molecule has 3 N–H and O–H groups in total. The maximum atomic E-state index is 10.9. The van der Waals surface area contributed by atoms with Crippen molar-refractivity contribution in [2.24, 2.45) is 0 Å². The van der Waals surface area contributed by atoms with Gasteiger partial charge in [-0.2, -0.15) is 0 Å². The van der Waals surface area contributed by atoms with Crippen molar-refractivity contribution in [1.29, 1.82) is 0 Å². The van der Waals surface area contributed by atoms with Gasteiger partial charge in [-0.15, -0.1) is 0 Å². The predicted molar refractivity (Wildman–Crippen MR) is 99.9 cm³/mol. The molecular weight excluding hydrogens is 530 g/mol. The van der Waals surface area contributed by atoms with E-state index in [0.29, 0.717) is 12.7 Å². The Hall–Kier alpha value is -1.56. The summed E-state index contributed by atoms with van der Waals surface area (Å²) in [7, 11) is 1.30. The highest BCUT2D eigenvalue weighted by molar-refractivity contribution is 14.1. The van der Waals surface area contributed by atoms with Crippen LogP contribution in [0.5, 0.6) is 11.5 Å². The Morgan fingerprint density at radius 1 is 0.913 bits per heavy atom. The van der Waals surface area contributed by atoms with Crippen LogP contribution >= 0.6 is 45.2 Å². The normalized spacial score (nSPS) is 9.52. The molecule has 2 rings (SSSR count). The van der Waals surface area contributed by atoms with Crippen LogP contribution in [0, 0.1) is 7.14 Å². The van der Waals surface area contributed by atoms with Gasteiger partial charge < -0.3 is 20.1 Å². The third-order valence-electron chi connectivity index (χ3n) is 2.56. The molecule has 0 aliphatic carbocycles. The minimum absolute atomic E-state index is 0.00509. The van der Waals surface area contributed by atoms with Crippen LogP contribution in [-0.4, -0.2) is 34.4 Å². The first kappa shape index (κ1) is 19.5. The summed E-state index contributed by atoms with van der Waals surface area (Å²) in [6.45, 7) is 0. The van der Waals surface area contributed by atoms with Crippen molar-refractivity contribution >= 4 is 57.1 Å². The molecule has 0 amide bonds.